The molecule has 1 spiro atoms. The van der Waals surface area contributed by atoms with E-state index in [1.165, 1.54) is 12.8 Å². The molecule has 0 aromatic rings. The molecule has 1 saturated carbocycles. The van der Waals surface area contributed by atoms with Gasteiger partial charge in [0, 0.05) is 16.9 Å². The Morgan fingerprint density at radius 3 is 2.46 bits per heavy atom. The minimum atomic E-state index is -1.20. The van der Waals surface area contributed by atoms with E-state index < -0.39 is 8.53 Å². The van der Waals surface area contributed by atoms with Gasteiger partial charge in [-0.2, -0.15) is 5.26 Å². The van der Waals surface area contributed by atoms with Gasteiger partial charge in [0.05, 0.1) is 35.2 Å². The van der Waals surface area contributed by atoms with E-state index >= 15 is 0 Å². The maximum atomic E-state index is 8.83. The number of hydrogen-bond donors (Lipinski definition) is 0. The molecule has 2 rings (SSSR count). The van der Waals surface area contributed by atoms with Gasteiger partial charge in [0.15, 0.2) is 0 Å². The molecule has 3 atom stereocenters. The van der Waals surface area contributed by atoms with Crippen molar-refractivity contribution >= 4 is 47.2 Å². The van der Waals surface area contributed by atoms with Crippen LogP contribution in [0, 0.1) is 11.3 Å². The molecule has 24 heavy (non-hydrogen) atoms. The fourth-order valence-electron chi connectivity index (χ4n) is 2.84. The molecule has 0 amide bonds. The summed E-state index contributed by atoms with van der Waals surface area (Å²) in [6.45, 7) is 11.1. The molecule has 136 valence electrons. The molecular formula is C16H27N2O2PS3. The fraction of sp³-hybridized carbons (Fsp3) is 0.875. The lowest BCUT2D eigenvalue weighted by Gasteiger charge is -2.38. The molecule has 8 heteroatoms. The van der Waals surface area contributed by atoms with Crippen molar-refractivity contribution in [3.8, 4) is 6.07 Å². The van der Waals surface area contributed by atoms with Gasteiger partial charge < -0.3 is 9.05 Å². The van der Waals surface area contributed by atoms with Crippen molar-refractivity contribution in [2.45, 2.75) is 82.1 Å². The van der Waals surface area contributed by atoms with Crippen LogP contribution < -0.4 is 0 Å². The zero-order chi connectivity index (χ0) is 17.9. The smallest absolute Gasteiger partial charge is 0.259 e. The van der Waals surface area contributed by atoms with E-state index in [2.05, 4.69) is 38.4 Å². The molecule has 1 heterocycles. The van der Waals surface area contributed by atoms with Gasteiger partial charge >= 0.3 is 0 Å². The fourth-order valence-corrected chi connectivity index (χ4v) is 9.15. The van der Waals surface area contributed by atoms with E-state index in [0.29, 0.717) is 25.1 Å². The summed E-state index contributed by atoms with van der Waals surface area (Å²) in [6.07, 6.45) is 2.89. The molecule has 4 nitrogen and oxygen atoms in total. The number of nitrogens with zero attached hydrogens (tertiary/aromatic N) is 2. The first-order valence-corrected chi connectivity index (χ1v) is 12.2. The van der Waals surface area contributed by atoms with E-state index in [-0.39, 0.29) is 16.1 Å². The second-order valence-electron chi connectivity index (χ2n) is 6.85. The minimum absolute atomic E-state index is 0.109. The van der Waals surface area contributed by atoms with Gasteiger partial charge in [-0.3, -0.25) is 0 Å². The molecule has 0 aromatic carbocycles. The average Bonchev–Trinajstić information content (AvgIpc) is 3.16. The maximum Gasteiger partial charge on any atom is 0.259 e. The standard InChI is InChI=1S/C16H27N2O2PS3/c1-11(2)18(12(3)4)21(19-10-6-9-17)20-15-14(13(5)22)23-24-16(15)7-8-16/h11-12,14-15H,6-8,10H2,1-5H3/t14?,15-,21?/m1/s1. The third-order valence-electron chi connectivity index (χ3n) is 4.12. The van der Waals surface area contributed by atoms with Crippen LogP contribution in [0.4, 0.5) is 0 Å². The highest BCUT2D eigenvalue weighted by atomic mass is 33.1. The maximum absolute atomic E-state index is 8.83. The monoisotopic (exact) mass is 406 g/mol. The number of hydrogen-bond acceptors (Lipinski definition) is 7. The molecule has 0 aromatic heterocycles. The molecule has 2 unspecified atom stereocenters. The largest absolute Gasteiger partial charge is 0.321 e. The second kappa shape index (κ2) is 8.99. The Labute approximate surface area is 160 Å². The van der Waals surface area contributed by atoms with Crippen LogP contribution >= 0.6 is 42.3 Å². The van der Waals surface area contributed by atoms with Crippen LogP contribution in [-0.4, -0.2) is 44.3 Å². The van der Waals surface area contributed by atoms with Crippen LogP contribution in [0.2, 0.25) is 0 Å². The molecule has 1 aliphatic carbocycles. The molecule has 1 aliphatic heterocycles. The highest BCUT2D eigenvalue weighted by molar-refractivity contribution is 8.78. The van der Waals surface area contributed by atoms with Crippen LogP contribution in [0.3, 0.4) is 0 Å². The zero-order valence-corrected chi connectivity index (χ0v) is 18.4. The summed E-state index contributed by atoms with van der Waals surface area (Å²) >= 11 is 5.49. The SMILES string of the molecule is CC(=S)C1SSC2(CC2)[C@@H]1OP(OCCC#N)N(C(C)C)C(C)C. The summed E-state index contributed by atoms with van der Waals surface area (Å²) in [5, 5.41) is 9.08. The Bertz CT molecular complexity index is 486. The number of nitriles is 1. The van der Waals surface area contributed by atoms with E-state index in [4.69, 9.17) is 26.5 Å². The number of rotatable bonds is 9. The second-order valence-corrected chi connectivity index (χ2v) is 11.7. The summed E-state index contributed by atoms with van der Waals surface area (Å²) in [5.41, 5.74) is 0. The molecule has 2 fully saturated rings. The summed E-state index contributed by atoms with van der Waals surface area (Å²) in [6, 6.07) is 2.79. The van der Waals surface area contributed by atoms with E-state index in [9.17, 15) is 0 Å². The lowest BCUT2D eigenvalue weighted by molar-refractivity contribution is 0.134. The third-order valence-corrected chi connectivity index (χ3v) is 10.4. The Hall–Kier alpha value is 0.590. The average molecular weight is 407 g/mol. The molecule has 0 bridgehead atoms. The van der Waals surface area contributed by atoms with Gasteiger partial charge in [0.1, 0.15) is 0 Å². The van der Waals surface area contributed by atoms with Crippen LogP contribution in [0.15, 0.2) is 0 Å². The molecular weight excluding hydrogens is 379 g/mol. The molecule has 0 radical (unpaired) electrons. The van der Waals surface area contributed by atoms with Gasteiger partial charge in [-0.1, -0.05) is 33.8 Å². The Balaban J connectivity index is 2.16. The van der Waals surface area contributed by atoms with Gasteiger partial charge in [0.25, 0.3) is 8.53 Å². The van der Waals surface area contributed by atoms with Crippen molar-refractivity contribution < 1.29 is 9.05 Å². The Morgan fingerprint density at radius 2 is 2.00 bits per heavy atom. The normalized spacial score (nSPS) is 26.3. The number of thiocarbonyl (C=S) groups is 1. The van der Waals surface area contributed by atoms with Gasteiger partial charge in [0.2, 0.25) is 0 Å². The molecule has 0 N–H and O–H groups in total. The topological polar surface area (TPSA) is 45.5 Å². The Kier molecular flexibility index (Phi) is 7.83. The van der Waals surface area contributed by atoms with E-state index in [1.807, 2.05) is 28.5 Å². The predicted molar refractivity (Wildman–Crippen MR) is 109 cm³/mol. The van der Waals surface area contributed by atoms with Gasteiger partial charge in [-0.05, 0) is 47.5 Å². The van der Waals surface area contributed by atoms with Crippen molar-refractivity contribution in [2.75, 3.05) is 6.61 Å². The molecule has 2 aliphatic rings. The summed E-state index contributed by atoms with van der Waals surface area (Å²) < 4.78 is 15.2. The highest BCUT2D eigenvalue weighted by Crippen LogP contribution is 2.67. The van der Waals surface area contributed by atoms with Crippen molar-refractivity contribution in [1.29, 1.82) is 5.26 Å². The first kappa shape index (κ1) is 20.9. The summed E-state index contributed by atoms with van der Waals surface area (Å²) in [5.74, 6) is 0. The van der Waals surface area contributed by atoms with Gasteiger partial charge in [-0.25, -0.2) is 4.67 Å². The first-order valence-electron chi connectivity index (χ1n) is 8.42. The lowest BCUT2D eigenvalue weighted by atomic mass is 10.1. The minimum Gasteiger partial charge on any atom is -0.321 e. The van der Waals surface area contributed by atoms with E-state index in [1.54, 1.807) is 0 Å². The zero-order valence-electron chi connectivity index (χ0n) is 15.0. The van der Waals surface area contributed by atoms with Crippen molar-refractivity contribution in [2.24, 2.45) is 0 Å². The van der Waals surface area contributed by atoms with E-state index in [0.717, 1.165) is 4.86 Å². The summed E-state index contributed by atoms with van der Waals surface area (Å²) in [4.78, 5) is 1.01. The Morgan fingerprint density at radius 1 is 1.38 bits per heavy atom. The van der Waals surface area contributed by atoms with Crippen molar-refractivity contribution in [3.05, 3.63) is 0 Å². The van der Waals surface area contributed by atoms with Gasteiger partial charge in [-0.15, -0.1) is 0 Å². The quantitative estimate of drug-likeness (QED) is 0.222. The van der Waals surface area contributed by atoms with Crippen LogP contribution in [0.5, 0.6) is 0 Å². The van der Waals surface area contributed by atoms with Crippen molar-refractivity contribution in [3.63, 3.8) is 0 Å². The van der Waals surface area contributed by atoms with Crippen molar-refractivity contribution in [1.82, 2.24) is 4.67 Å². The lowest BCUT2D eigenvalue weighted by Crippen LogP contribution is -2.39. The van der Waals surface area contributed by atoms with Crippen LogP contribution in [0.1, 0.15) is 53.9 Å². The highest BCUT2D eigenvalue weighted by Gasteiger charge is 2.60. The first-order chi connectivity index (χ1) is 11.3. The predicted octanol–water partition coefficient (Wildman–Crippen LogP) is 5.33. The van der Waals surface area contributed by atoms with Crippen LogP contribution in [-0.2, 0) is 9.05 Å². The third kappa shape index (κ3) is 4.85. The van der Waals surface area contributed by atoms with Crippen LogP contribution in [0.25, 0.3) is 0 Å². The summed E-state index contributed by atoms with van der Waals surface area (Å²) in [7, 11) is 2.60. The molecule has 1 saturated heterocycles.